The van der Waals surface area contributed by atoms with Crippen LogP contribution in [0.5, 0.6) is 0 Å². The van der Waals surface area contributed by atoms with E-state index in [2.05, 4.69) is 5.32 Å². The first kappa shape index (κ1) is 27.2. The molecule has 208 valence electrons. The second-order valence-electron chi connectivity index (χ2n) is 10.6. The maximum Gasteiger partial charge on any atom is 0.419 e. The molecule has 0 aliphatic carbocycles. The Kier molecular flexibility index (Phi) is 7.66. The highest BCUT2D eigenvalue weighted by Crippen LogP contribution is 2.38. The molecule has 39 heavy (non-hydrogen) atoms. The van der Waals surface area contributed by atoms with Crippen molar-refractivity contribution in [3.8, 4) is 11.3 Å². The first-order valence-electron chi connectivity index (χ1n) is 13.4. The lowest BCUT2D eigenvalue weighted by molar-refractivity contribution is -0.139. The third-order valence-electron chi connectivity index (χ3n) is 8.00. The Morgan fingerprint density at radius 2 is 1.85 bits per heavy atom. The predicted octanol–water partition coefficient (Wildman–Crippen LogP) is 6.32. The largest absolute Gasteiger partial charge is 0.465 e. The zero-order chi connectivity index (χ0) is 27.6. The number of halogens is 4. The van der Waals surface area contributed by atoms with E-state index in [4.69, 9.17) is 4.98 Å². The number of alkyl halides is 3. The van der Waals surface area contributed by atoms with Crippen molar-refractivity contribution in [3.05, 3.63) is 77.5 Å². The molecule has 1 amide bonds. The number of benzene rings is 2. The lowest BCUT2D eigenvalue weighted by Gasteiger charge is -2.46. The van der Waals surface area contributed by atoms with E-state index in [0.29, 0.717) is 31.6 Å². The van der Waals surface area contributed by atoms with Crippen molar-refractivity contribution >= 4 is 6.09 Å². The van der Waals surface area contributed by atoms with E-state index in [1.54, 1.807) is 6.20 Å². The maximum atomic E-state index is 14.0. The fourth-order valence-corrected chi connectivity index (χ4v) is 6.10. The molecule has 0 spiro atoms. The number of rotatable bonds is 6. The Morgan fingerprint density at radius 3 is 2.54 bits per heavy atom. The zero-order valence-corrected chi connectivity index (χ0v) is 21.6. The number of nitrogens with one attached hydrogen (secondary N) is 1. The summed E-state index contributed by atoms with van der Waals surface area (Å²) in [5.41, 5.74) is -0.564. The minimum Gasteiger partial charge on any atom is -0.465 e. The highest BCUT2D eigenvalue weighted by atomic mass is 19.4. The van der Waals surface area contributed by atoms with Crippen LogP contribution in [-0.4, -0.2) is 50.8 Å². The van der Waals surface area contributed by atoms with E-state index in [0.717, 1.165) is 62.3 Å². The molecular formula is C29H32F4N4O2. The summed E-state index contributed by atoms with van der Waals surface area (Å²) in [5, 5.41) is 13.5. The average molecular weight is 545 g/mol. The molecule has 1 aromatic heterocycles. The van der Waals surface area contributed by atoms with E-state index >= 15 is 0 Å². The van der Waals surface area contributed by atoms with Gasteiger partial charge in [-0.15, -0.1) is 0 Å². The van der Waals surface area contributed by atoms with Crippen LogP contribution in [0.4, 0.5) is 22.4 Å². The molecule has 2 aromatic carbocycles. The van der Waals surface area contributed by atoms with Gasteiger partial charge in [0.1, 0.15) is 11.6 Å². The third-order valence-corrected chi connectivity index (χ3v) is 8.00. The summed E-state index contributed by atoms with van der Waals surface area (Å²) in [6, 6.07) is 12.7. The summed E-state index contributed by atoms with van der Waals surface area (Å²) >= 11 is 0. The number of carboxylic acid groups (broad SMARTS) is 1. The molecule has 2 aliphatic rings. The first-order valence-corrected chi connectivity index (χ1v) is 13.4. The molecule has 1 atom stereocenters. The van der Waals surface area contributed by atoms with Crippen molar-refractivity contribution in [1.82, 2.24) is 19.8 Å². The van der Waals surface area contributed by atoms with Gasteiger partial charge in [0, 0.05) is 30.8 Å². The molecule has 2 aliphatic heterocycles. The number of hydrogen-bond acceptors (Lipinski definition) is 3. The molecule has 0 bridgehead atoms. The highest BCUT2D eigenvalue weighted by molar-refractivity contribution is 5.66. The van der Waals surface area contributed by atoms with E-state index in [-0.39, 0.29) is 11.5 Å². The summed E-state index contributed by atoms with van der Waals surface area (Å²) in [5.74, 6) is -0.531. The number of likely N-dealkylation sites (tertiary alicyclic amines) is 1. The smallest absolute Gasteiger partial charge is 0.419 e. The Morgan fingerprint density at radius 1 is 1.10 bits per heavy atom. The van der Waals surface area contributed by atoms with Gasteiger partial charge in [-0.05, 0) is 75.4 Å². The minimum atomic E-state index is -4.83. The Bertz CT molecular complexity index is 1300. The fourth-order valence-electron chi connectivity index (χ4n) is 6.10. The summed E-state index contributed by atoms with van der Waals surface area (Å²) < 4.78 is 56.4. The number of hydrogen-bond donors (Lipinski definition) is 2. The van der Waals surface area contributed by atoms with Crippen LogP contribution < -0.4 is 5.32 Å². The molecule has 0 radical (unpaired) electrons. The molecule has 5 rings (SSSR count). The molecule has 3 aromatic rings. The summed E-state index contributed by atoms with van der Waals surface area (Å²) in [7, 11) is 0. The SMILES string of the molecule is O=C(O)N1CCCC[C@@]1(Cc1ccccc1)Cn1cc(-c2ccc(F)c(C(F)(F)F)c2)nc1C1CCNCC1. The molecule has 10 heteroatoms. The predicted molar refractivity (Wildman–Crippen MR) is 139 cm³/mol. The van der Waals surface area contributed by atoms with Gasteiger partial charge in [0.2, 0.25) is 0 Å². The van der Waals surface area contributed by atoms with Gasteiger partial charge in [-0.25, -0.2) is 14.2 Å². The van der Waals surface area contributed by atoms with E-state index < -0.39 is 29.2 Å². The van der Waals surface area contributed by atoms with Crippen molar-refractivity contribution in [2.75, 3.05) is 19.6 Å². The van der Waals surface area contributed by atoms with Crippen LogP contribution in [0.2, 0.25) is 0 Å². The quantitative estimate of drug-likeness (QED) is 0.357. The Labute approximate surface area is 224 Å². The minimum absolute atomic E-state index is 0.0678. The highest BCUT2D eigenvalue weighted by Gasteiger charge is 2.43. The Balaban J connectivity index is 1.60. The number of piperidine rings is 2. The number of carbonyl (C=O) groups is 1. The van der Waals surface area contributed by atoms with Crippen molar-refractivity contribution < 1.29 is 27.5 Å². The molecule has 0 saturated carbocycles. The van der Waals surface area contributed by atoms with Gasteiger partial charge in [-0.3, -0.25) is 0 Å². The third kappa shape index (κ3) is 5.80. The van der Waals surface area contributed by atoms with Crippen LogP contribution in [0.3, 0.4) is 0 Å². The lowest BCUT2D eigenvalue weighted by Crippen LogP contribution is -2.58. The number of aromatic nitrogens is 2. The number of nitrogens with zero attached hydrogens (tertiary/aromatic N) is 3. The summed E-state index contributed by atoms with van der Waals surface area (Å²) in [6.07, 6.45) is 0.321. The monoisotopic (exact) mass is 544 g/mol. The van der Waals surface area contributed by atoms with E-state index in [1.807, 2.05) is 34.9 Å². The molecule has 2 N–H and O–H groups in total. The van der Waals surface area contributed by atoms with Gasteiger partial charge in [0.15, 0.2) is 0 Å². The van der Waals surface area contributed by atoms with Crippen LogP contribution in [0, 0.1) is 5.82 Å². The van der Waals surface area contributed by atoms with Gasteiger partial charge in [-0.1, -0.05) is 30.3 Å². The maximum absolute atomic E-state index is 14.0. The van der Waals surface area contributed by atoms with Crippen molar-refractivity contribution in [2.45, 2.75) is 62.7 Å². The topological polar surface area (TPSA) is 70.4 Å². The molecule has 0 unspecified atom stereocenters. The van der Waals surface area contributed by atoms with Crippen LogP contribution in [0.15, 0.2) is 54.7 Å². The first-order chi connectivity index (χ1) is 18.7. The molecule has 2 saturated heterocycles. The van der Waals surface area contributed by atoms with Gasteiger partial charge < -0.3 is 19.9 Å². The van der Waals surface area contributed by atoms with Crippen LogP contribution in [-0.2, 0) is 19.1 Å². The van der Waals surface area contributed by atoms with Crippen LogP contribution >= 0.6 is 0 Å². The summed E-state index contributed by atoms with van der Waals surface area (Å²) in [6.45, 7) is 2.32. The normalized spacial score (nSPS) is 20.8. The van der Waals surface area contributed by atoms with E-state index in [9.17, 15) is 27.5 Å². The molecule has 2 fully saturated rings. The van der Waals surface area contributed by atoms with Gasteiger partial charge >= 0.3 is 12.3 Å². The Hall–Kier alpha value is -3.40. The molecular weight excluding hydrogens is 512 g/mol. The number of imidazole rings is 1. The summed E-state index contributed by atoms with van der Waals surface area (Å²) in [4.78, 5) is 18.8. The molecule has 6 nitrogen and oxygen atoms in total. The van der Waals surface area contributed by atoms with Gasteiger partial charge in [-0.2, -0.15) is 13.2 Å². The van der Waals surface area contributed by atoms with Crippen LogP contribution in [0.1, 0.15) is 55.0 Å². The standard InChI is InChI=1S/C29H32F4N4O2/c30-24-9-8-22(16-23(24)29(31,32)33)25-18-36(26(35-25)21-10-13-34-14-11-21)19-28(17-20-6-2-1-3-7-20)12-4-5-15-37(28)27(38)39/h1-3,6-9,16,18,21,34H,4-5,10-15,17,19H2,(H,38,39)/t28-/m1/s1. The lowest BCUT2D eigenvalue weighted by atomic mass is 9.81. The van der Waals surface area contributed by atoms with Crippen LogP contribution in [0.25, 0.3) is 11.3 Å². The zero-order valence-electron chi connectivity index (χ0n) is 21.6. The van der Waals surface area contributed by atoms with Crippen molar-refractivity contribution in [2.24, 2.45) is 0 Å². The fraction of sp³-hybridized carbons (Fsp3) is 0.448. The number of amides is 1. The van der Waals surface area contributed by atoms with Crippen molar-refractivity contribution in [3.63, 3.8) is 0 Å². The average Bonchev–Trinajstić information content (AvgIpc) is 3.32. The van der Waals surface area contributed by atoms with Gasteiger partial charge in [0.25, 0.3) is 0 Å². The van der Waals surface area contributed by atoms with Crippen molar-refractivity contribution in [1.29, 1.82) is 0 Å². The second-order valence-corrected chi connectivity index (χ2v) is 10.6. The van der Waals surface area contributed by atoms with E-state index in [1.165, 1.54) is 11.0 Å². The molecule has 3 heterocycles. The van der Waals surface area contributed by atoms with Gasteiger partial charge in [0.05, 0.1) is 16.8 Å². The second kappa shape index (κ2) is 11.0.